The van der Waals surface area contributed by atoms with Crippen molar-refractivity contribution in [1.82, 2.24) is 25.1 Å². The molecule has 0 aliphatic carbocycles. The van der Waals surface area contributed by atoms with Crippen LogP contribution in [0.5, 0.6) is 0 Å². The van der Waals surface area contributed by atoms with E-state index < -0.39 is 0 Å². The van der Waals surface area contributed by atoms with Gasteiger partial charge in [0.2, 0.25) is 11.7 Å². The lowest BCUT2D eigenvalue weighted by Gasteiger charge is -1.99. The van der Waals surface area contributed by atoms with Crippen molar-refractivity contribution in [2.45, 2.75) is 19.9 Å². The van der Waals surface area contributed by atoms with Crippen molar-refractivity contribution in [3.63, 3.8) is 0 Å². The molecule has 0 fully saturated rings. The van der Waals surface area contributed by atoms with Gasteiger partial charge < -0.3 is 4.52 Å². The SMILES string of the molecule is CCc1nc(-c2cn(Cc3ccc(F)cc3)nn2)no1. The highest BCUT2D eigenvalue weighted by Gasteiger charge is 2.11. The molecule has 0 aliphatic rings. The van der Waals surface area contributed by atoms with Gasteiger partial charge in [0.25, 0.3) is 0 Å². The molecule has 0 bridgehead atoms. The number of halogens is 1. The molecule has 2 aromatic heterocycles. The van der Waals surface area contributed by atoms with E-state index in [1.165, 1.54) is 12.1 Å². The molecule has 3 rings (SSSR count). The van der Waals surface area contributed by atoms with Gasteiger partial charge in [-0.1, -0.05) is 29.4 Å². The first kappa shape index (κ1) is 12.5. The number of benzene rings is 1. The predicted molar refractivity (Wildman–Crippen MR) is 68.2 cm³/mol. The van der Waals surface area contributed by atoms with Crippen molar-refractivity contribution in [3.05, 3.63) is 47.7 Å². The standard InChI is InChI=1S/C13H12FN5O/c1-2-12-15-13(17-20-12)11-8-19(18-16-11)7-9-3-5-10(14)6-4-9/h3-6,8H,2,7H2,1H3. The molecule has 0 aliphatic heterocycles. The van der Waals surface area contributed by atoms with E-state index in [0.717, 1.165) is 5.56 Å². The number of hydrogen-bond donors (Lipinski definition) is 0. The Labute approximate surface area is 114 Å². The lowest BCUT2D eigenvalue weighted by Crippen LogP contribution is -2.00. The van der Waals surface area contributed by atoms with Crippen molar-refractivity contribution in [3.8, 4) is 11.5 Å². The van der Waals surface area contributed by atoms with E-state index in [1.54, 1.807) is 23.0 Å². The van der Waals surface area contributed by atoms with E-state index >= 15 is 0 Å². The molecule has 1 aromatic carbocycles. The largest absolute Gasteiger partial charge is 0.339 e. The highest BCUT2D eigenvalue weighted by atomic mass is 19.1. The third-order valence-corrected chi connectivity index (χ3v) is 2.80. The van der Waals surface area contributed by atoms with Gasteiger partial charge in [0.15, 0.2) is 5.69 Å². The Morgan fingerprint density at radius 3 is 2.75 bits per heavy atom. The molecule has 0 radical (unpaired) electrons. The fourth-order valence-electron chi connectivity index (χ4n) is 1.76. The monoisotopic (exact) mass is 273 g/mol. The summed E-state index contributed by atoms with van der Waals surface area (Å²) < 4.78 is 19.5. The lowest BCUT2D eigenvalue weighted by molar-refractivity contribution is 0.382. The zero-order chi connectivity index (χ0) is 13.9. The molecule has 0 amide bonds. The van der Waals surface area contributed by atoms with E-state index in [2.05, 4.69) is 20.5 Å². The summed E-state index contributed by atoms with van der Waals surface area (Å²) in [4.78, 5) is 4.19. The summed E-state index contributed by atoms with van der Waals surface area (Å²) in [6, 6.07) is 6.25. The molecular weight excluding hydrogens is 261 g/mol. The normalized spacial score (nSPS) is 10.9. The van der Waals surface area contributed by atoms with E-state index in [9.17, 15) is 4.39 Å². The second kappa shape index (κ2) is 5.20. The Bertz CT molecular complexity index is 704. The molecule has 0 atom stereocenters. The summed E-state index contributed by atoms with van der Waals surface area (Å²) in [6.07, 6.45) is 2.41. The molecule has 0 spiro atoms. The summed E-state index contributed by atoms with van der Waals surface area (Å²) in [5.41, 5.74) is 1.49. The van der Waals surface area contributed by atoms with Crippen LogP contribution in [0.2, 0.25) is 0 Å². The number of aromatic nitrogens is 5. The van der Waals surface area contributed by atoms with E-state index in [-0.39, 0.29) is 5.82 Å². The number of nitrogens with zero attached hydrogens (tertiary/aromatic N) is 5. The highest BCUT2D eigenvalue weighted by Crippen LogP contribution is 2.13. The first-order chi connectivity index (χ1) is 9.74. The van der Waals surface area contributed by atoms with Gasteiger partial charge in [-0.15, -0.1) is 5.10 Å². The Kier molecular flexibility index (Phi) is 3.24. The van der Waals surface area contributed by atoms with Gasteiger partial charge in [-0.05, 0) is 17.7 Å². The van der Waals surface area contributed by atoms with Crippen molar-refractivity contribution < 1.29 is 8.91 Å². The minimum absolute atomic E-state index is 0.257. The van der Waals surface area contributed by atoms with Crippen molar-refractivity contribution >= 4 is 0 Å². The first-order valence-corrected chi connectivity index (χ1v) is 6.22. The van der Waals surface area contributed by atoms with Gasteiger partial charge in [-0.25, -0.2) is 9.07 Å². The summed E-state index contributed by atoms with van der Waals surface area (Å²) in [6.45, 7) is 2.44. The fourth-order valence-corrected chi connectivity index (χ4v) is 1.76. The average Bonchev–Trinajstić information content (AvgIpc) is 3.10. The number of aryl methyl sites for hydroxylation is 1. The Balaban J connectivity index is 1.78. The van der Waals surface area contributed by atoms with Crippen molar-refractivity contribution in [1.29, 1.82) is 0 Å². The predicted octanol–water partition coefficient (Wildman–Crippen LogP) is 2.08. The molecule has 0 N–H and O–H groups in total. The molecule has 102 valence electrons. The molecule has 6 nitrogen and oxygen atoms in total. The quantitative estimate of drug-likeness (QED) is 0.728. The summed E-state index contributed by atoms with van der Waals surface area (Å²) in [7, 11) is 0. The van der Waals surface area contributed by atoms with Crippen LogP contribution in [-0.2, 0) is 13.0 Å². The molecule has 0 saturated heterocycles. The van der Waals surface area contributed by atoms with Crippen LogP contribution in [0.1, 0.15) is 18.4 Å². The van der Waals surface area contributed by atoms with Crippen LogP contribution < -0.4 is 0 Å². The van der Waals surface area contributed by atoms with Crippen LogP contribution in [0, 0.1) is 5.82 Å². The van der Waals surface area contributed by atoms with Crippen LogP contribution >= 0.6 is 0 Å². The zero-order valence-corrected chi connectivity index (χ0v) is 10.8. The van der Waals surface area contributed by atoms with Crippen molar-refractivity contribution in [2.75, 3.05) is 0 Å². The van der Waals surface area contributed by atoms with Crippen LogP contribution in [0.15, 0.2) is 35.0 Å². The maximum atomic E-state index is 12.8. The van der Waals surface area contributed by atoms with Gasteiger partial charge in [-0.3, -0.25) is 0 Å². The van der Waals surface area contributed by atoms with Crippen molar-refractivity contribution in [2.24, 2.45) is 0 Å². The molecule has 20 heavy (non-hydrogen) atoms. The summed E-state index contributed by atoms with van der Waals surface area (Å²) in [5, 5.41) is 11.8. The molecule has 3 aromatic rings. The minimum Gasteiger partial charge on any atom is -0.339 e. The Morgan fingerprint density at radius 1 is 1.25 bits per heavy atom. The van der Waals surface area contributed by atoms with E-state index in [1.807, 2.05) is 6.92 Å². The molecule has 7 heteroatoms. The maximum Gasteiger partial charge on any atom is 0.226 e. The van der Waals surface area contributed by atoms with Gasteiger partial charge >= 0.3 is 0 Å². The Hall–Kier alpha value is -2.57. The smallest absolute Gasteiger partial charge is 0.226 e. The summed E-state index contributed by atoms with van der Waals surface area (Å²) >= 11 is 0. The topological polar surface area (TPSA) is 69.6 Å². The zero-order valence-electron chi connectivity index (χ0n) is 10.8. The van der Waals surface area contributed by atoms with Crippen LogP contribution in [0.25, 0.3) is 11.5 Å². The first-order valence-electron chi connectivity index (χ1n) is 6.22. The fraction of sp³-hybridized carbons (Fsp3) is 0.231. The molecule has 0 unspecified atom stereocenters. The average molecular weight is 273 g/mol. The van der Waals surface area contributed by atoms with Gasteiger partial charge in [-0.2, -0.15) is 4.98 Å². The second-order valence-electron chi connectivity index (χ2n) is 4.29. The number of hydrogen-bond acceptors (Lipinski definition) is 5. The molecular formula is C13H12FN5O. The third-order valence-electron chi connectivity index (χ3n) is 2.80. The highest BCUT2D eigenvalue weighted by molar-refractivity contribution is 5.45. The van der Waals surface area contributed by atoms with Gasteiger partial charge in [0.05, 0.1) is 12.7 Å². The number of rotatable bonds is 4. The van der Waals surface area contributed by atoms with Crippen LogP contribution in [-0.4, -0.2) is 25.1 Å². The minimum atomic E-state index is -0.257. The second-order valence-corrected chi connectivity index (χ2v) is 4.29. The summed E-state index contributed by atoms with van der Waals surface area (Å²) in [5.74, 6) is 0.729. The van der Waals surface area contributed by atoms with Gasteiger partial charge in [0.1, 0.15) is 5.82 Å². The van der Waals surface area contributed by atoms with Crippen LogP contribution in [0.4, 0.5) is 4.39 Å². The van der Waals surface area contributed by atoms with E-state index in [4.69, 9.17) is 4.52 Å². The van der Waals surface area contributed by atoms with Gasteiger partial charge in [0, 0.05) is 6.42 Å². The van der Waals surface area contributed by atoms with E-state index in [0.29, 0.717) is 30.4 Å². The molecule has 0 saturated carbocycles. The molecule has 2 heterocycles. The third kappa shape index (κ3) is 2.56. The van der Waals surface area contributed by atoms with Crippen LogP contribution in [0.3, 0.4) is 0 Å². The Morgan fingerprint density at radius 2 is 2.05 bits per heavy atom. The maximum absolute atomic E-state index is 12.8. The lowest BCUT2D eigenvalue weighted by atomic mass is 10.2.